The first-order valence-corrected chi connectivity index (χ1v) is 6.21. The van der Waals surface area contributed by atoms with Crippen LogP contribution >= 0.6 is 0 Å². The molecule has 0 aliphatic carbocycles. The van der Waals surface area contributed by atoms with E-state index in [0.29, 0.717) is 0 Å². The quantitative estimate of drug-likeness (QED) is 0.423. The minimum absolute atomic E-state index is 0.226. The predicted molar refractivity (Wildman–Crippen MR) is 66.8 cm³/mol. The average Bonchev–Trinajstić information content (AvgIpc) is 2.66. The van der Waals surface area contributed by atoms with Crippen molar-refractivity contribution < 1.29 is 0 Å². The number of rotatable bonds is 7. The van der Waals surface area contributed by atoms with Gasteiger partial charge >= 0.3 is 0 Å². The van der Waals surface area contributed by atoms with Crippen LogP contribution in [0.5, 0.6) is 0 Å². The summed E-state index contributed by atoms with van der Waals surface area (Å²) in [6.45, 7) is 4.33. The lowest BCUT2D eigenvalue weighted by molar-refractivity contribution is 0.458. The van der Waals surface area contributed by atoms with Crippen molar-refractivity contribution in [1.82, 2.24) is 15.2 Å². The molecule has 0 saturated carbocycles. The van der Waals surface area contributed by atoms with E-state index in [1.54, 1.807) is 0 Å². The molecule has 1 atom stereocenters. The third-order valence-corrected chi connectivity index (χ3v) is 2.98. The fraction of sp³-hybridized carbons (Fsp3) is 0.750. The van der Waals surface area contributed by atoms with E-state index in [1.807, 2.05) is 11.7 Å². The van der Waals surface area contributed by atoms with Crippen molar-refractivity contribution in [2.45, 2.75) is 52.0 Å². The molecule has 0 radical (unpaired) electrons. The van der Waals surface area contributed by atoms with Crippen LogP contribution in [0.2, 0.25) is 0 Å². The highest BCUT2D eigenvalue weighted by atomic mass is 15.3. The van der Waals surface area contributed by atoms with Gasteiger partial charge in [-0.25, -0.2) is 0 Å². The maximum absolute atomic E-state index is 5.62. The van der Waals surface area contributed by atoms with Crippen LogP contribution in [-0.2, 0) is 13.5 Å². The molecule has 4 heteroatoms. The topological polar surface area (TPSA) is 55.9 Å². The summed E-state index contributed by atoms with van der Waals surface area (Å²) in [6, 6.07) is 2.38. The van der Waals surface area contributed by atoms with Crippen molar-refractivity contribution in [3.05, 3.63) is 17.5 Å². The van der Waals surface area contributed by atoms with Crippen LogP contribution in [0.4, 0.5) is 0 Å². The largest absolute Gasteiger partial charge is 0.271 e. The third-order valence-electron chi connectivity index (χ3n) is 2.98. The zero-order chi connectivity index (χ0) is 12.0. The first kappa shape index (κ1) is 13.2. The van der Waals surface area contributed by atoms with Gasteiger partial charge in [-0.05, 0) is 18.9 Å². The van der Waals surface area contributed by atoms with Crippen molar-refractivity contribution in [1.29, 1.82) is 0 Å². The molecule has 0 amide bonds. The van der Waals surface area contributed by atoms with Crippen molar-refractivity contribution in [2.24, 2.45) is 12.9 Å². The number of hydrogen-bond donors (Lipinski definition) is 2. The standard InChI is InChI=1S/C12H24N4/c1-4-6-7-8-11(14-13)12-9-10(5-2)15-16(12)3/h9,11,14H,4-8,13H2,1-3H3. The highest BCUT2D eigenvalue weighted by Gasteiger charge is 2.14. The fourth-order valence-corrected chi connectivity index (χ4v) is 1.96. The van der Waals surface area contributed by atoms with Crippen LogP contribution in [0, 0.1) is 0 Å². The van der Waals surface area contributed by atoms with Gasteiger partial charge in [0.25, 0.3) is 0 Å². The van der Waals surface area contributed by atoms with Crippen LogP contribution < -0.4 is 11.3 Å². The number of nitrogens with one attached hydrogen (secondary N) is 1. The van der Waals surface area contributed by atoms with E-state index >= 15 is 0 Å². The van der Waals surface area contributed by atoms with Gasteiger partial charge in [-0.3, -0.25) is 16.0 Å². The summed E-state index contributed by atoms with van der Waals surface area (Å²) >= 11 is 0. The third kappa shape index (κ3) is 3.32. The van der Waals surface area contributed by atoms with E-state index in [9.17, 15) is 0 Å². The Labute approximate surface area is 98.2 Å². The number of hydrazine groups is 1. The summed E-state index contributed by atoms with van der Waals surface area (Å²) in [7, 11) is 1.98. The van der Waals surface area contributed by atoms with Gasteiger partial charge in [0.2, 0.25) is 0 Å². The van der Waals surface area contributed by atoms with Crippen molar-refractivity contribution in [3.63, 3.8) is 0 Å². The summed E-state index contributed by atoms with van der Waals surface area (Å²) < 4.78 is 1.94. The second-order valence-electron chi connectivity index (χ2n) is 4.25. The van der Waals surface area contributed by atoms with E-state index in [2.05, 4.69) is 30.4 Å². The molecule has 1 heterocycles. The molecule has 1 aromatic rings. The zero-order valence-corrected chi connectivity index (χ0v) is 10.7. The number of nitrogens with zero attached hydrogens (tertiary/aromatic N) is 2. The van der Waals surface area contributed by atoms with E-state index < -0.39 is 0 Å². The first-order chi connectivity index (χ1) is 7.72. The molecule has 0 fully saturated rings. The van der Waals surface area contributed by atoms with Gasteiger partial charge < -0.3 is 0 Å². The van der Waals surface area contributed by atoms with Crippen LogP contribution in [-0.4, -0.2) is 9.78 Å². The lowest BCUT2D eigenvalue weighted by Crippen LogP contribution is -2.29. The molecule has 0 bridgehead atoms. The molecular weight excluding hydrogens is 200 g/mol. The fourth-order valence-electron chi connectivity index (χ4n) is 1.96. The van der Waals surface area contributed by atoms with E-state index in [0.717, 1.165) is 18.5 Å². The lowest BCUT2D eigenvalue weighted by Gasteiger charge is -2.15. The average molecular weight is 224 g/mol. The summed E-state index contributed by atoms with van der Waals surface area (Å²) in [4.78, 5) is 0. The number of hydrogen-bond acceptors (Lipinski definition) is 3. The van der Waals surface area contributed by atoms with Crippen molar-refractivity contribution in [2.75, 3.05) is 0 Å². The van der Waals surface area contributed by atoms with E-state index in [4.69, 9.17) is 5.84 Å². The first-order valence-electron chi connectivity index (χ1n) is 6.21. The monoisotopic (exact) mass is 224 g/mol. The summed E-state index contributed by atoms with van der Waals surface area (Å²) in [5.74, 6) is 5.62. The van der Waals surface area contributed by atoms with E-state index in [-0.39, 0.29) is 6.04 Å². The Bertz CT molecular complexity index is 306. The highest BCUT2D eigenvalue weighted by Crippen LogP contribution is 2.19. The Morgan fingerprint density at radius 2 is 2.19 bits per heavy atom. The Morgan fingerprint density at radius 3 is 2.69 bits per heavy atom. The maximum atomic E-state index is 5.62. The molecule has 0 spiro atoms. The number of aromatic nitrogens is 2. The molecule has 0 aliphatic rings. The van der Waals surface area contributed by atoms with Gasteiger partial charge in [0.05, 0.1) is 17.4 Å². The molecule has 16 heavy (non-hydrogen) atoms. The summed E-state index contributed by atoms with van der Waals surface area (Å²) in [5, 5.41) is 4.45. The molecule has 4 nitrogen and oxygen atoms in total. The van der Waals surface area contributed by atoms with Crippen molar-refractivity contribution in [3.8, 4) is 0 Å². The summed E-state index contributed by atoms with van der Waals surface area (Å²) in [6.07, 6.45) is 5.75. The Morgan fingerprint density at radius 1 is 1.44 bits per heavy atom. The Balaban J connectivity index is 2.66. The van der Waals surface area contributed by atoms with Crippen LogP contribution in [0.25, 0.3) is 0 Å². The van der Waals surface area contributed by atoms with Gasteiger partial charge in [0, 0.05) is 7.05 Å². The van der Waals surface area contributed by atoms with Gasteiger partial charge in [0.1, 0.15) is 0 Å². The van der Waals surface area contributed by atoms with Crippen LogP contribution in [0.1, 0.15) is 57.0 Å². The smallest absolute Gasteiger partial charge is 0.0629 e. The van der Waals surface area contributed by atoms with Crippen molar-refractivity contribution >= 4 is 0 Å². The van der Waals surface area contributed by atoms with Gasteiger partial charge in [-0.15, -0.1) is 0 Å². The van der Waals surface area contributed by atoms with Gasteiger partial charge in [-0.1, -0.05) is 33.1 Å². The van der Waals surface area contributed by atoms with Gasteiger partial charge in [-0.2, -0.15) is 5.10 Å². The lowest BCUT2D eigenvalue weighted by atomic mass is 10.1. The highest BCUT2D eigenvalue weighted by molar-refractivity contribution is 5.14. The minimum atomic E-state index is 0.226. The molecule has 92 valence electrons. The molecule has 0 aromatic carbocycles. The molecule has 0 aliphatic heterocycles. The molecule has 1 unspecified atom stereocenters. The minimum Gasteiger partial charge on any atom is -0.271 e. The number of nitrogens with two attached hydrogens (primary N) is 1. The second kappa shape index (κ2) is 6.66. The van der Waals surface area contributed by atoms with Crippen LogP contribution in [0.15, 0.2) is 6.07 Å². The maximum Gasteiger partial charge on any atom is 0.0629 e. The molecule has 1 rings (SSSR count). The molecule has 0 saturated heterocycles. The molecule has 1 aromatic heterocycles. The Hall–Kier alpha value is -0.870. The van der Waals surface area contributed by atoms with E-state index in [1.165, 1.54) is 25.0 Å². The molecular formula is C12H24N4. The number of aryl methyl sites for hydroxylation is 2. The Kier molecular flexibility index (Phi) is 5.49. The second-order valence-corrected chi connectivity index (χ2v) is 4.25. The number of unbranched alkanes of at least 4 members (excludes halogenated alkanes) is 2. The molecule has 3 N–H and O–H groups in total. The normalized spacial score (nSPS) is 13.0. The zero-order valence-electron chi connectivity index (χ0n) is 10.7. The van der Waals surface area contributed by atoms with Crippen LogP contribution in [0.3, 0.4) is 0 Å². The summed E-state index contributed by atoms with van der Waals surface area (Å²) in [5.41, 5.74) is 5.22. The SMILES string of the molecule is CCCCCC(NN)c1cc(CC)nn1C. The predicted octanol–water partition coefficient (Wildman–Crippen LogP) is 2.07. The van der Waals surface area contributed by atoms with Gasteiger partial charge in [0.15, 0.2) is 0 Å².